The van der Waals surface area contributed by atoms with Gasteiger partial charge in [-0.1, -0.05) is 50.3 Å². The first kappa shape index (κ1) is 27.9. The summed E-state index contributed by atoms with van der Waals surface area (Å²) in [5.41, 5.74) is 6.99. The SMILES string of the molecule is CC(C)CC(C(=O)NNc1ccccc1)[C@@H](CC=Cc1cccnc1)C(=O)OCCCC(F)(F)F. The van der Waals surface area contributed by atoms with Gasteiger partial charge in [-0.2, -0.15) is 13.2 Å². The van der Waals surface area contributed by atoms with E-state index in [1.807, 2.05) is 38.1 Å². The highest BCUT2D eigenvalue weighted by Crippen LogP contribution is 2.27. The summed E-state index contributed by atoms with van der Waals surface area (Å²) in [6.45, 7) is 3.50. The molecular weight excluding hydrogens is 459 g/mol. The van der Waals surface area contributed by atoms with E-state index in [9.17, 15) is 22.8 Å². The van der Waals surface area contributed by atoms with E-state index in [0.717, 1.165) is 5.56 Å². The van der Waals surface area contributed by atoms with Crippen molar-refractivity contribution in [1.82, 2.24) is 10.4 Å². The molecule has 1 aromatic heterocycles. The third kappa shape index (κ3) is 11.1. The number of carbonyl (C=O) groups excluding carboxylic acids is 2. The molecule has 0 aliphatic heterocycles. The molecule has 0 fully saturated rings. The summed E-state index contributed by atoms with van der Waals surface area (Å²) in [5.74, 6) is -2.61. The minimum absolute atomic E-state index is 0.0882. The zero-order valence-electron chi connectivity index (χ0n) is 19.9. The Bertz CT molecular complexity index is 935. The van der Waals surface area contributed by atoms with Crippen LogP contribution in [-0.4, -0.2) is 29.6 Å². The lowest BCUT2D eigenvalue weighted by Crippen LogP contribution is -2.41. The third-order valence-corrected chi connectivity index (χ3v) is 5.19. The second-order valence-electron chi connectivity index (χ2n) is 8.63. The summed E-state index contributed by atoms with van der Waals surface area (Å²) in [5, 5.41) is 0. The second kappa shape index (κ2) is 14.1. The number of benzene rings is 1. The zero-order chi connectivity index (χ0) is 25.7. The van der Waals surface area contributed by atoms with Crippen molar-refractivity contribution in [2.75, 3.05) is 12.0 Å². The van der Waals surface area contributed by atoms with E-state index in [4.69, 9.17) is 4.74 Å². The summed E-state index contributed by atoms with van der Waals surface area (Å²) in [7, 11) is 0. The lowest BCUT2D eigenvalue weighted by atomic mass is 9.82. The number of rotatable bonds is 13. The van der Waals surface area contributed by atoms with Crippen LogP contribution in [0.5, 0.6) is 0 Å². The number of esters is 1. The molecule has 190 valence electrons. The van der Waals surface area contributed by atoms with Gasteiger partial charge in [0.05, 0.1) is 24.1 Å². The van der Waals surface area contributed by atoms with Crippen molar-refractivity contribution >= 4 is 23.6 Å². The van der Waals surface area contributed by atoms with Gasteiger partial charge >= 0.3 is 12.1 Å². The molecule has 6 nitrogen and oxygen atoms in total. The highest BCUT2D eigenvalue weighted by Gasteiger charge is 2.35. The molecule has 2 aromatic rings. The predicted molar refractivity (Wildman–Crippen MR) is 129 cm³/mol. The first-order valence-corrected chi connectivity index (χ1v) is 11.6. The Kier molecular flexibility index (Phi) is 11.3. The number of hydrogen-bond acceptors (Lipinski definition) is 5. The van der Waals surface area contributed by atoms with Crippen molar-refractivity contribution in [2.24, 2.45) is 17.8 Å². The van der Waals surface area contributed by atoms with Crippen LogP contribution in [0.1, 0.15) is 45.1 Å². The average molecular weight is 492 g/mol. The smallest absolute Gasteiger partial charge is 0.389 e. The highest BCUT2D eigenvalue weighted by atomic mass is 19.4. The van der Waals surface area contributed by atoms with Crippen LogP contribution in [0.3, 0.4) is 0 Å². The number of hydrogen-bond donors (Lipinski definition) is 2. The molecule has 2 rings (SSSR count). The van der Waals surface area contributed by atoms with Gasteiger partial charge in [0.15, 0.2) is 0 Å². The Morgan fingerprint density at radius 2 is 1.83 bits per heavy atom. The molecule has 0 aliphatic rings. The number of pyridine rings is 1. The summed E-state index contributed by atoms with van der Waals surface area (Å²) in [6, 6.07) is 12.6. The number of para-hydroxylation sites is 1. The first-order valence-electron chi connectivity index (χ1n) is 11.6. The molecule has 1 unspecified atom stereocenters. The fourth-order valence-electron chi connectivity index (χ4n) is 3.51. The number of alkyl halides is 3. The van der Waals surface area contributed by atoms with Gasteiger partial charge < -0.3 is 4.74 Å². The van der Waals surface area contributed by atoms with Crippen LogP contribution in [0, 0.1) is 17.8 Å². The molecule has 9 heteroatoms. The van der Waals surface area contributed by atoms with E-state index in [1.165, 1.54) is 0 Å². The number of halogens is 3. The van der Waals surface area contributed by atoms with Gasteiger partial charge in [-0.05, 0) is 48.9 Å². The number of hydrazine groups is 1. The summed E-state index contributed by atoms with van der Waals surface area (Å²) in [6.07, 6.45) is 1.72. The predicted octanol–water partition coefficient (Wildman–Crippen LogP) is 5.79. The van der Waals surface area contributed by atoms with Gasteiger partial charge in [-0.3, -0.25) is 25.4 Å². The van der Waals surface area contributed by atoms with Crippen molar-refractivity contribution in [1.29, 1.82) is 0 Å². The monoisotopic (exact) mass is 491 g/mol. The number of ether oxygens (including phenoxy) is 1. The van der Waals surface area contributed by atoms with Crippen molar-refractivity contribution in [3.8, 4) is 0 Å². The van der Waals surface area contributed by atoms with E-state index in [1.54, 1.807) is 42.7 Å². The van der Waals surface area contributed by atoms with Crippen LogP contribution in [-0.2, 0) is 14.3 Å². The van der Waals surface area contributed by atoms with Crippen LogP contribution in [0.15, 0.2) is 60.9 Å². The fraction of sp³-hybridized carbons (Fsp3) is 0.423. The molecule has 1 heterocycles. The molecule has 0 saturated carbocycles. The van der Waals surface area contributed by atoms with Crippen LogP contribution in [0.4, 0.5) is 18.9 Å². The normalized spacial score (nSPS) is 13.4. The quantitative estimate of drug-likeness (QED) is 0.211. The zero-order valence-corrected chi connectivity index (χ0v) is 19.9. The molecule has 1 amide bonds. The van der Waals surface area contributed by atoms with Crippen LogP contribution >= 0.6 is 0 Å². The fourth-order valence-corrected chi connectivity index (χ4v) is 3.51. The van der Waals surface area contributed by atoms with E-state index in [2.05, 4.69) is 15.8 Å². The standard InChI is InChI=1S/C26H32F3N3O3/c1-19(2)17-23(24(33)32-31-21-11-4-3-5-12-21)22(13-6-9-20-10-7-15-30-18-20)25(34)35-16-8-14-26(27,28)29/h3-7,9-12,15,18-19,22-23,31H,8,13-14,16-17H2,1-2H3,(H,32,33)/t22-,23?/m1/s1. The van der Waals surface area contributed by atoms with Crippen molar-refractivity contribution in [3.05, 3.63) is 66.5 Å². The maximum Gasteiger partial charge on any atom is 0.389 e. The number of aromatic nitrogens is 1. The topological polar surface area (TPSA) is 80.3 Å². The third-order valence-electron chi connectivity index (χ3n) is 5.19. The largest absolute Gasteiger partial charge is 0.465 e. The number of allylic oxidation sites excluding steroid dienone is 1. The minimum Gasteiger partial charge on any atom is -0.465 e. The molecule has 1 aromatic carbocycles. The Balaban J connectivity index is 2.15. The molecule has 0 radical (unpaired) electrons. The van der Waals surface area contributed by atoms with Crippen LogP contribution in [0.2, 0.25) is 0 Å². The molecule has 0 bridgehead atoms. The number of carbonyl (C=O) groups is 2. The van der Waals surface area contributed by atoms with Crippen LogP contribution in [0.25, 0.3) is 6.08 Å². The Labute approximate surface area is 203 Å². The van der Waals surface area contributed by atoms with Gasteiger partial charge in [-0.25, -0.2) is 0 Å². The number of nitrogens with one attached hydrogen (secondary N) is 2. The Morgan fingerprint density at radius 3 is 2.46 bits per heavy atom. The van der Waals surface area contributed by atoms with Gasteiger partial charge in [0.2, 0.25) is 5.91 Å². The van der Waals surface area contributed by atoms with E-state index < -0.39 is 36.3 Å². The highest BCUT2D eigenvalue weighted by molar-refractivity contribution is 5.86. The molecule has 35 heavy (non-hydrogen) atoms. The minimum atomic E-state index is -4.32. The Morgan fingerprint density at radius 1 is 1.09 bits per heavy atom. The van der Waals surface area contributed by atoms with Gasteiger partial charge in [0, 0.05) is 18.8 Å². The van der Waals surface area contributed by atoms with Crippen LogP contribution < -0.4 is 10.9 Å². The summed E-state index contributed by atoms with van der Waals surface area (Å²) in [4.78, 5) is 30.1. The van der Waals surface area contributed by atoms with Gasteiger partial charge in [0.1, 0.15) is 0 Å². The van der Waals surface area contributed by atoms with E-state index >= 15 is 0 Å². The molecule has 2 N–H and O–H groups in total. The second-order valence-corrected chi connectivity index (χ2v) is 8.63. The number of amides is 1. The molecule has 2 atom stereocenters. The van der Waals surface area contributed by atoms with Gasteiger partial charge in [0.25, 0.3) is 0 Å². The van der Waals surface area contributed by atoms with Crippen molar-refractivity contribution in [3.63, 3.8) is 0 Å². The number of anilines is 1. The van der Waals surface area contributed by atoms with E-state index in [0.29, 0.717) is 12.1 Å². The first-order chi connectivity index (χ1) is 16.7. The van der Waals surface area contributed by atoms with E-state index in [-0.39, 0.29) is 25.4 Å². The lowest BCUT2D eigenvalue weighted by molar-refractivity contribution is -0.157. The molecular formula is C26H32F3N3O3. The van der Waals surface area contributed by atoms with Crippen molar-refractivity contribution < 1.29 is 27.5 Å². The Hall–Kier alpha value is -3.36. The molecule has 0 aliphatic carbocycles. The maximum absolute atomic E-state index is 13.1. The molecule has 0 saturated heterocycles. The lowest BCUT2D eigenvalue weighted by Gasteiger charge is -2.26. The average Bonchev–Trinajstić information content (AvgIpc) is 2.82. The summed E-state index contributed by atoms with van der Waals surface area (Å²) >= 11 is 0. The molecule has 0 spiro atoms. The van der Waals surface area contributed by atoms with Gasteiger partial charge in [-0.15, -0.1) is 0 Å². The van der Waals surface area contributed by atoms with Crippen molar-refractivity contribution in [2.45, 2.75) is 45.7 Å². The number of nitrogens with zero attached hydrogens (tertiary/aromatic N) is 1. The maximum atomic E-state index is 13.1. The summed E-state index contributed by atoms with van der Waals surface area (Å²) < 4.78 is 42.6.